The Hall–Kier alpha value is -1.33. The van der Waals surface area contributed by atoms with Gasteiger partial charge in [0.15, 0.2) is 6.10 Å². The minimum Gasteiger partial charge on any atom is -0.478 e. The molecule has 1 aromatic rings. The van der Waals surface area contributed by atoms with Crippen LogP contribution in [-0.2, 0) is 9.22 Å². The summed E-state index contributed by atoms with van der Waals surface area (Å²) in [6, 6.07) is 5.81. The molecule has 0 saturated carbocycles. The molecule has 0 saturated heterocycles. The van der Waals surface area contributed by atoms with Crippen molar-refractivity contribution in [1.82, 2.24) is 0 Å². The van der Waals surface area contributed by atoms with Crippen LogP contribution in [-0.4, -0.2) is 27.2 Å². The second kappa shape index (κ2) is 6.42. The zero-order chi connectivity index (χ0) is 16.5. The van der Waals surface area contributed by atoms with Crippen molar-refractivity contribution < 1.29 is 14.0 Å². The number of ether oxygens (including phenoxy) is 1. The monoisotopic (exact) mass is 320 g/mol. The highest BCUT2D eigenvalue weighted by Gasteiger charge is 2.35. The normalized spacial score (nSPS) is 19.4. The number of amides is 1. The van der Waals surface area contributed by atoms with Crippen LogP contribution in [0.1, 0.15) is 32.8 Å². The lowest BCUT2D eigenvalue weighted by Crippen LogP contribution is -2.44. The highest BCUT2D eigenvalue weighted by atomic mass is 28.3. The molecule has 1 heterocycles. The Balaban J connectivity index is 2.17. The Labute approximate surface area is 134 Å². The van der Waals surface area contributed by atoms with Crippen LogP contribution in [0.3, 0.4) is 0 Å². The van der Waals surface area contributed by atoms with Crippen LogP contribution in [0.2, 0.25) is 13.1 Å². The number of fused-ring (bicyclic) bond motifs is 1. The minimum absolute atomic E-state index is 0.00139. The Bertz CT molecular complexity index is 551. The Morgan fingerprint density at radius 3 is 2.64 bits per heavy atom. The summed E-state index contributed by atoms with van der Waals surface area (Å²) >= 11 is 0. The molecule has 2 unspecified atom stereocenters. The number of benzene rings is 1. The van der Waals surface area contributed by atoms with Crippen LogP contribution in [0.15, 0.2) is 18.2 Å². The molecule has 1 aliphatic heterocycles. The number of para-hydroxylation sites is 1. The van der Waals surface area contributed by atoms with Crippen LogP contribution in [0.25, 0.3) is 0 Å². The van der Waals surface area contributed by atoms with E-state index in [0.717, 1.165) is 17.0 Å². The van der Waals surface area contributed by atoms with E-state index in [0.29, 0.717) is 6.42 Å². The summed E-state index contributed by atoms with van der Waals surface area (Å²) < 4.78 is 12.1. The van der Waals surface area contributed by atoms with Gasteiger partial charge in [0.1, 0.15) is 5.75 Å². The Morgan fingerprint density at radius 2 is 2.05 bits per heavy atom. The van der Waals surface area contributed by atoms with E-state index >= 15 is 0 Å². The molecule has 0 fully saturated rings. The van der Waals surface area contributed by atoms with E-state index in [2.05, 4.69) is 39.2 Å². The quantitative estimate of drug-likeness (QED) is 0.859. The van der Waals surface area contributed by atoms with Crippen molar-refractivity contribution in [2.45, 2.75) is 59.4 Å². The van der Waals surface area contributed by atoms with Crippen molar-refractivity contribution in [1.29, 1.82) is 0 Å². The Kier molecular flexibility index (Phi) is 4.97. The van der Waals surface area contributed by atoms with Gasteiger partial charge in [-0.1, -0.05) is 32.9 Å². The molecule has 5 heteroatoms. The van der Waals surface area contributed by atoms with E-state index < -0.39 is 15.1 Å². The maximum atomic E-state index is 12.4. The van der Waals surface area contributed by atoms with Gasteiger partial charge in [-0.15, -0.1) is 0 Å². The molecule has 0 aliphatic carbocycles. The average Bonchev–Trinajstić information content (AvgIpc) is 2.38. The lowest BCUT2D eigenvalue weighted by atomic mass is 9.85. The van der Waals surface area contributed by atoms with Crippen molar-refractivity contribution in [2.75, 3.05) is 5.32 Å². The predicted octanol–water partition coefficient (Wildman–Crippen LogP) is 3.77. The van der Waals surface area contributed by atoms with Gasteiger partial charge in [0.25, 0.3) is 5.91 Å². The van der Waals surface area contributed by atoms with Gasteiger partial charge in [-0.2, -0.15) is 0 Å². The average molecular weight is 320 g/mol. The molecule has 4 nitrogen and oxygen atoms in total. The largest absolute Gasteiger partial charge is 0.478 e. The molecule has 121 valence electrons. The van der Waals surface area contributed by atoms with Crippen molar-refractivity contribution in [3.63, 3.8) is 0 Å². The van der Waals surface area contributed by atoms with Crippen molar-refractivity contribution in [2.24, 2.45) is 5.41 Å². The summed E-state index contributed by atoms with van der Waals surface area (Å²) in [6.07, 6.45) is 0.0665. The number of hydrogen-bond acceptors (Lipinski definition) is 3. The van der Waals surface area contributed by atoms with Gasteiger partial charge in [0, 0.05) is 6.42 Å². The second-order valence-corrected chi connectivity index (χ2v) is 9.21. The van der Waals surface area contributed by atoms with Gasteiger partial charge >= 0.3 is 0 Å². The van der Waals surface area contributed by atoms with Crippen molar-refractivity contribution in [3.05, 3.63) is 23.8 Å². The zero-order valence-electron chi connectivity index (χ0n) is 14.3. The van der Waals surface area contributed by atoms with E-state index in [9.17, 15) is 4.79 Å². The molecule has 0 aromatic heterocycles. The highest BCUT2D eigenvalue weighted by Crippen LogP contribution is 2.35. The lowest BCUT2D eigenvalue weighted by Gasteiger charge is -2.36. The van der Waals surface area contributed by atoms with Crippen LogP contribution in [0.5, 0.6) is 5.75 Å². The van der Waals surface area contributed by atoms with E-state index in [1.54, 1.807) is 0 Å². The van der Waals surface area contributed by atoms with Crippen LogP contribution in [0, 0.1) is 12.3 Å². The number of aryl methyl sites for hydroxylation is 1. The minimum atomic E-state index is -0.837. The van der Waals surface area contributed by atoms with E-state index in [-0.39, 0.29) is 17.4 Å². The topological polar surface area (TPSA) is 47.6 Å². The van der Waals surface area contributed by atoms with E-state index in [1.165, 1.54) is 0 Å². The molecule has 2 atom stereocenters. The summed E-state index contributed by atoms with van der Waals surface area (Å²) in [6.45, 7) is 12.6. The molecular weight excluding hydrogens is 294 g/mol. The van der Waals surface area contributed by atoms with Gasteiger partial charge in [0.2, 0.25) is 9.04 Å². The zero-order valence-corrected chi connectivity index (χ0v) is 15.3. The van der Waals surface area contributed by atoms with Crippen LogP contribution < -0.4 is 10.1 Å². The van der Waals surface area contributed by atoms with Gasteiger partial charge < -0.3 is 14.5 Å². The first-order valence-corrected chi connectivity index (χ1v) is 10.1. The first-order chi connectivity index (χ1) is 10.2. The summed E-state index contributed by atoms with van der Waals surface area (Å²) in [5, 5.41) is 2.98. The second-order valence-electron chi connectivity index (χ2n) is 7.16. The third kappa shape index (κ3) is 3.90. The number of nitrogens with one attached hydrogen (secondary N) is 1. The highest BCUT2D eigenvalue weighted by molar-refractivity contribution is 6.48. The molecule has 1 amide bonds. The summed E-state index contributed by atoms with van der Waals surface area (Å²) in [7, 11) is -0.837. The Morgan fingerprint density at radius 1 is 1.36 bits per heavy atom. The number of anilines is 1. The molecule has 1 N–H and O–H groups in total. The lowest BCUT2D eigenvalue weighted by molar-refractivity contribution is -0.125. The standard InChI is InChI=1S/C17H26NO3Si/c1-11-8-7-9-12-15(11)18-16(19)13(20-12)10-14(17(2,3)4)21-22(5)6/h7-9,13-14H,10H2,1-6H3,(H,18,19). The molecule has 0 bridgehead atoms. The molecule has 2 rings (SSSR count). The fourth-order valence-electron chi connectivity index (χ4n) is 2.52. The predicted molar refractivity (Wildman–Crippen MR) is 90.7 cm³/mol. The van der Waals surface area contributed by atoms with Crippen molar-refractivity contribution in [3.8, 4) is 5.75 Å². The maximum Gasteiger partial charge on any atom is 0.265 e. The van der Waals surface area contributed by atoms with Gasteiger partial charge in [-0.05, 0) is 37.1 Å². The molecular formula is C17H26NO3Si. The molecule has 1 aliphatic rings. The van der Waals surface area contributed by atoms with Gasteiger partial charge in [-0.25, -0.2) is 0 Å². The summed E-state index contributed by atoms with van der Waals surface area (Å²) in [5.74, 6) is 0.663. The number of rotatable bonds is 4. The first-order valence-electron chi connectivity index (χ1n) is 7.72. The summed E-state index contributed by atoms with van der Waals surface area (Å²) in [5.41, 5.74) is 1.77. The number of hydrogen-bond donors (Lipinski definition) is 1. The molecule has 0 spiro atoms. The van der Waals surface area contributed by atoms with Crippen molar-refractivity contribution >= 4 is 20.6 Å². The van der Waals surface area contributed by atoms with Crippen LogP contribution >= 0.6 is 0 Å². The van der Waals surface area contributed by atoms with Gasteiger partial charge in [0.05, 0.1) is 11.8 Å². The number of carbonyl (C=O) groups excluding carboxylic acids is 1. The maximum absolute atomic E-state index is 12.4. The molecule has 1 aromatic carbocycles. The fourth-order valence-corrected chi connectivity index (χ4v) is 3.54. The van der Waals surface area contributed by atoms with Gasteiger partial charge in [-0.3, -0.25) is 4.79 Å². The fraction of sp³-hybridized carbons (Fsp3) is 0.588. The molecule has 22 heavy (non-hydrogen) atoms. The van der Waals surface area contributed by atoms with E-state index in [1.807, 2.05) is 25.1 Å². The smallest absolute Gasteiger partial charge is 0.265 e. The third-order valence-electron chi connectivity index (χ3n) is 3.82. The number of carbonyl (C=O) groups is 1. The SMILES string of the molecule is Cc1cccc2c1NC(=O)C(CC(O[Si](C)C)C(C)(C)C)O2. The first kappa shape index (κ1) is 17.0. The molecule has 1 radical (unpaired) electrons. The van der Waals surface area contributed by atoms with Crippen LogP contribution in [0.4, 0.5) is 5.69 Å². The van der Waals surface area contributed by atoms with E-state index in [4.69, 9.17) is 9.16 Å². The summed E-state index contributed by atoms with van der Waals surface area (Å²) in [4.78, 5) is 12.4. The third-order valence-corrected chi connectivity index (χ3v) is 4.57.